The molecule has 5 rings (SSSR count). The lowest BCUT2D eigenvalue weighted by Crippen LogP contribution is -2.17. The number of fused-ring (bicyclic) bond motifs is 1. The van der Waals surface area contributed by atoms with Crippen LogP contribution in [0.1, 0.15) is 49.9 Å². The van der Waals surface area contributed by atoms with Crippen molar-refractivity contribution in [2.75, 3.05) is 13.7 Å². The molecule has 0 aromatic carbocycles. The van der Waals surface area contributed by atoms with Gasteiger partial charge in [0.25, 0.3) is 0 Å². The number of nitrogens with zero attached hydrogens (tertiary/aromatic N) is 5. The number of pyridine rings is 1. The van der Waals surface area contributed by atoms with Gasteiger partial charge in [0.2, 0.25) is 5.88 Å². The van der Waals surface area contributed by atoms with Crippen LogP contribution in [0.3, 0.4) is 0 Å². The second-order valence-electron chi connectivity index (χ2n) is 7.05. The molecule has 3 aromatic rings. The Morgan fingerprint density at radius 3 is 2.81 bits per heavy atom. The maximum absolute atomic E-state index is 6.41. The predicted molar refractivity (Wildman–Crippen MR) is 101 cm³/mol. The zero-order valence-corrected chi connectivity index (χ0v) is 15.8. The zero-order valence-electron chi connectivity index (χ0n) is 15.1. The van der Waals surface area contributed by atoms with Crippen molar-refractivity contribution in [3.05, 3.63) is 29.6 Å². The highest BCUT2D eigenvalue weighted by Gasteiger charge is 2.32. The van der Waals surface area contributed by atoms with E-state index >= 15 is 0 Å². The van der Waals surface area contributed by atoms with Crippen LogP contribution < -0.4 is 4.74 Å². The van der Waals surface area contributed by atoms with Gasteiger partial charge in [-0.05, 0) is 32.1 Å². The normalized spacial score (nSPS) is 20.1. The summed E-state index contributed by atoms with van der Waals surface area (Å²) in [6.45, 7) is 0.766. The van der Waals surface area contributed by atoms with Gasteiger partial charge in [0.15, 0.2) is 0 Å². The van der Waals surface area contributed by atoms with Crippen LogP contribution in [0, 0.1) is 0 Å². The lowest BCUT2D eigenvalue weighted by atomic mass is 10.1. The van der Waals surface area contributed by atoms with E-state index in [9.17, 15) is 0 Å². The van der Waals surface area contributed by atoms with E-state index in [1.165, 1.54) is 0 Å². The first-order valence-electron chi connectivity index (χ1n) is 9.30. The summed E-state index contributed by atoms with van der Waals surface area (Å²) in [7, 11) is 1.61. The van der Waals surface area contributed by atoms with Crippen LogP contribution in [0.4, 0.5) is 0 Å². The van der Waals surface area contributed by atoms with E-state index in [1.807, 2.05) is 12.4 Å². The quantitative estimate of drug-likeness (QED) is 0.628. The summed E-state index contributed by atoms with van der Waals surface area (Å²) in [6, 6.07) is 1.85. The Kier molecular flexibility index (Phi) is 4.21. The predicted octanol–water partition coefficient (Wildman–Crippen LogP) is 4.13. The number of imidazole rings is 1. The SMILES string of the molecule is COc1ncnc(C2CC2)c1-c1nc(Cl)cc2c1ncn2C1CCCCO1. The van der Waals surface area contributed by atoms with Gasteiger partial charge in [0.05, 0.1) is 30.2 Å². The number of rotatable bonds is 4. The molecule has 7 nitrogen and oxygen atoms in total. The Bertz CT molecular complexity index is 995. The third kappa shape index (κ3) is 2.95. The molecule has 8 heteroatoms. The van der Waals surface area contributed by atoms with Gasteiger partial charge in [-0.3, -0.25) is 0 Å². The summed E-state index contributed by atoms with van der Waals surface area (Å²) in [6.07, 6.45) is 8.77. The molecule has 0 N–H and O–H groups in total. The summed E-state index contributed by atoms with van der Waals surface area (Å²) in [4.78, 5) is 18.1. The Morgan fingerprint density at radius 1 is 1.19 bits per heavy atom. The molecule has 2 fully saturated rings. The highest BCUT2D eigenvalue weighted by Crippen LogP contribution is 2.46. The number of halogens is 1. The molecule has 0 spiro atoms. The first kappa shape index (κ1) is 16.9. The smallest absolute Gasteiger partial charge is 0.226 e. The van der Waals surface area contributed by atoms with Gasteiger partial charge in [0, 0.05) is 18.6 Å². The molecular formula is C19H20ClN5O2. The van der Waals surface area contributed by atoms with Gasteiger partial charge in [-0.1, -0.05) is 11.6 Å². The average Bonchev–Trinajstić information content (AvgIpc) is 3.47. The van der Waals surface area contributed by atoms with Crippen LogP contribution >= 0.6 is 11.6 Å². The number of ether oxygens (including phenoxy) is 2. The number of hydrogen-bond donors (Lipinski definition) is 0. The Labute approximate surface area is 161 Å². The molecule has 1 aliphatic carbocycles. The first-order chi connectivity index (χ1) is 13.3. The molecular weight excluding hydrogens is 366 g/mol. The topological polar surface area (TPSA) is 75.0 Å². The van der Waals surface area contributed by atoms with E-state index in [0.717, 1.165) is 61.0 Å². The summed E-state index contributed by atoms with van der Waals surface area (Å²) < 4.78 is 13.5. The van der Waals surface area contributed by atoms with Gasteiger partial charge in [0.1, 0.15) is 28.9 Å². The third-order valence-electron chi connectivity index (χ3n) is 5.23. The Balaban J connectivity index is 1.72. The largest absolute Gasteiger partial charge is 0.480 e. The molecule has 3 aromatic heterocycles. The fourth-order valence-corrected chi connectivity index (χ4v) is 3.96. The van der Waals surface area contributed by atoms with Gasteiger partial charge in [-0.15, -0.1) is 0 Å². The van der Waals surface area contributed by atoms with Crippen LogP contribution in [0.5, 0.6) is 5.88 Å². The molecule has 1 unspecified atom stereocenters. The van der Waals surface area contributed by atoms with E-state index in [4.69, 9.17) is 21.1 Å². The molecule has 2 aliphatic rings. The van der Waals surface area contributed by atoms with Crippen molar-refractivity contribution in [2.24, 2.45) is 0 Å². The maximum Gasteiger partial charge on any atom is 0.226 e. The molecule has 0 radical (unpaired) electrons. The Morgan fingerprint density at radius 2 is 2.07 bits per heavy atom. The Hall–Kier alpha value is -2.25. The first-order valence-corrected chi connectivity index (χ1v) is 9.68. The minimum Gasteiger partial charge on any atom is -0.480 e. The van der Waals surface area contributed by atoms with Gasteiger partial charge in [-0.2, -0.15) is 0 Å². The summed E-state index contributed by atoms with van der Waals surface area (Å²) >= 11 is 6.41. The number of methoxy groups -OCH3 is 1. The standard InChI is InChI=1S/C19H20ClN5O2/c1-26-19-15(16(11-5-6-11)21-9-22-19)18-17-12(8-13(20)24-18)25(10-23-17)14-4-2-3-7-27-14/h8-11,14H,2-7H2,1H3. The van der Waals surface area contributed by atoms with Crippen molar-refractivity contribution in [1.82, 2.24) is 24.5 Å². The second-order valence-corrected chi connectivity index (χ2v) is 7.44. The lowest BCUT2D eigenvalue weighted by molar-refractivity contribution is -0.0295. The third-order valence-corrected chi connectivity index (χ3v) is 5.43. The summed E-state index contributed by atoms with van der Waals surface area (Å²) in [5.41, 5.74) is 4.10. The summed E-state index contributed by atoms with van der Waals surface area (Å²) in [5, 5.41) is 0.405. The van der Waals surface area contributed by atoms with E-state index in [0.29, 0.717) is 22.6 Å². The van der Waals surface area contributed by atoms with Crippen LogP contribution in [0.2, 0.25) is 5.15 Å². The van der Waals surface area contributed by atoms with Crippen molar-refractivity contribution in [3.8, 4) is 17.1 Å². The zero-order chi connectivity index (χ0) is 18.4. The van der Waals surface area contributed by atoms with Crippen molar-refractivity contribution >= 4 is 22.6 Å². The van der Waals surface area contributed by atoms with Gasteiger partial charge < -0.3 is 14.0 Å². The monoisotopic (exact) mass is 385 g/mol. The fraction of sp³-hybridized carbons (Fsp3) is 0.474. The van der Waals surface area contributed by atoms with Crippen LogP contribution in [-0.2, 0) is 4.74 Å². The second kappa shape index (κ2) is 6.73. The molecule has 1 saturated carbocycles. The maximum atomic E-state index is 6.41. The van der Waals surface area contributed by atoms with E-state index in [-0.39, 0.29) is 6.23 Å². The highest BCUT2D eigenvalue weighted by molar-refractivity contribution is 6.30. The molecule has 0 bridgehead atoms. The average molecular weight is 386 g/mol. The van der Waals surface area contributed by atoms with Gasteiger partial charge in [-0.25, -0.2) is 19.9 Å². The van der Waals surface area contributed by atoms with Gasteiger partial charge >= 0.3 is 0 Å². The molecule has 140 valence electrons. The number of aromatic nitrogens is 5. The van der Waals surface area contributed by atoms with Crippen molar-refractivity contribution in [2.45, 2.75) is 44.2 Å². The van der Waals surface area contributed by atoms with Crippen molar-refractivity contribution in [1.29, 1.82) is 0 Å². The number of hydrogen-bond acceptors (Lipinski definition) is 6. The van der Waals surface area contributed by atoms with Crippen molar-refractivity contribution in [3.63, 3.8) is 0 Å². The molecule has 27 heavy (non-hydrogen) atoms. The fourth-order valence-electron chi connectivity index (χ4n) is 3.77. The minimum absolute atomic E-state index is 0.0214. The van der Waals surface area contributed by atoms with Crippen molar-refractivity contribution < 1.29 is 9.47 Å². The van der Waals surface area contributed by atoms with Crippen LogP contribution in [0.25, 0.3) is 22.3 Å². The molecule has 1 atom stereocenters. The highest BCUT2D eigenvalue weighted by atomic mass is 35.5. The molecule has 4 heterocycles. The van der Waals surface area contributed by atoms with Crippen LogP contribution in [-0.4, -0.2) is 38.2 Å². The molecule has 1 aliphatic heterocycles. The van der Waals surface area contributed by atoms with E-state index in [2.05, 4.69) is 24.5 Å². The minimum atomic E-state index is -0.0214. The molecule has 0 amide bonds. The lowest BCUT2D eigenvalue weighted by Gasteiger charge is -2.24. The van der Waals surface area contributed by atoms with E-state index in [1.54, 1.807) is 13.4 Å². The van der Waals surface area contributed by atoms with Crippen LogP contribution in [0.15, 0.2) is 18.7 Å². The molecule has 1 saturated heterocycles. The van der Waals surface area contributed by atoms with E-state index < -0.39 is 0 Å². The summed E-state index contributed by atoms with van der Waals surface area (Å²) in [5.74, 6) is 0.919.